The van der Waals surface area contributed by atoms with Crippen LogP contribution in [-0.2, 0) is 9.63 Å². The molecule has 70 valence electrons. The highest BCUT2D eigenvalue weighted by Gasteiger charge is 2.17. The molecule has 0 rings (SSSR count). The van der Waals surface area contributed by atoms with E-state index in [0.29, 0.717) is 0 Å². The van der Waals surface area contributed by atoms with Gasteiger partial charge in [-0.15, -0.1) is 0 Å². The highest BCUT2D eigenvalue weighted by Crippen LogP contribution is 2.14. The molecule has 0 aromatic heterocycles. The third-order valence-corrected chi connectivity index (χ3v) is 1.47. The van der Waals surface area contributed by atoms with E-state index in [1.54, 1.807) is 0 Å². The molecule has 3 nitrogen and oxygen atoms in total. The maximum Gasteiger partial charge on any atom is 0.266 e. The Morgan fingerprint density at radius 1 is 1.67 bits per heavy atom. The maximum atomic E-state index is 10.7. The van der Waals surface area contributed by atoms with Crippen LogP contribution in [0.5, 0.6) is 0 Å². The van der Waals surface area contributed by atoms with Gasteiger partial charge in [-0.25, -0.2) is 5.48 Å². The molecule has 1 amide bonds. The Morgan fingerprint density at radius 3 is 2.67 bits per heavy atom. The predicted octanol–water partition coefficient (Wildman–Crippen LogP) is 1.80. The molecule has 3 heteroatoms. The van der Waals surface area contributed by atoms with Gasteiger partial charge in [0.2, 0.25) is 0 Å². The van der Waals surface area contributed by atoms with E-state index in [0.717, 1.165) is 12.8 Å². The molecule has 0 aromatic rings. The molecule has 0 unspecified atom stereocenters. The molecule has 0 saturated carbocycles. The number of rotatable bonds is 5. The maximum absolute atomic E-state index is 10.7. The van der Waals surface area contributed by atoms with Crippen molar-refractivity contribution in [1.29, 1.82) is 0 Å². The van der Waals surface area contributed by atoms with Crippen molar-refractivity contribution in [2.24, 2.45) is 0 Å². The van der Waals surface area contributed by atoms with Crippen molar-refractivity contribution in [3.8, 4) is 0 Å². The van der Waals surface area contributed by atoms with Gasteiger partial charge in [-0.1, -0.05) is 19.9 Å². The van der Waals surface area contributed by atoms with E-state index in [-0.39, 0.29) is 11.5 Å². The molecule has 0 heterocycles. The van der Waals surface area contributed by atoms with Crippen molar-refractivity contribution < 1.29 is 9.63 Å². The number of carbonyl (C=O) groups is 1. The summed E-state index contributed by atoms with van der Waals surface area (Å²) >= 11 is 0. The summed E-state index contributed by atoms with van der Waals surface area (Å²) in [7, 11) is 0. The Morgan fingerprint density at radius 2 is 2.25 bits per heavy atom. The Bertz CT molecular complexity index is 164. The minimum absolute atomic E-state index is 0.298. The minimum atomic E-state index is -0.306. The number of nitrogens with one attached hydrogen (secondary N) is 1. The van der Waals surface area contributed by atoms with Gasteiger partial charge in [-0.05, 0) is 26.3 Å². The zero-order chi connectivity index (χ0) is 9.61. The second-order valence-electron chi connectivity index (χ2n) is 3.28. The van der Waals surface area contributed by atoms with Gasteiger partial charge >= 0.3 is 0 Å². The lowest BCUT2D eigenvalue weighted by atomic mass is 10.0. The highest BCUT2D eigenvalue weighted by atomic mass is 16.7. The van der Waals surface area contributed by atoms with Crippen molar-refractivity contribution >= 4 is 5.91 Å². The van der Waals surface area contributed by atoms with Crippen molar-refractivity contribution in [1.82, 2.24) is 5.48 Å². The van der Waals surface area contributed by atoms with Crippen LogP contribution < -0.4 is 5.48 Å². The van der Waals surface area contributed by atoms with Crippen LogP contribution in [0.1, 0.15) is 33.6 Å². The average Bonchev–Trinajstić information content (AvgIpc) is 2.00. The quantitative estimate of drug-likeness (QED) is 0.506. The smallest absolute Gasteiger partial charge is 0.266 e. The molecule has 0 aliphatic carbocycles. The van der Waals surface area contributed by atoms with E-state index in [9.17, 15) is 4.79 Å². The van der Waals surface area contributed by atoms with E-state index in [1.807, 2.05) is 13.8 Å². The number of carbonyl (C=O) groups excluding carboxylic acids is 1. The molecule has 0 atom stereocenters. The van der Waals surface area contributed by atoms with Crippen LogP contribution in [0.2, 0.25) is 0 Å². The fraction of sp³-hybridized carbons (Fsp3) is 0.667. The van der Waals surface area contributed by atoms with Gasteiger partial charge in [-0.3, -0.25) is 9.63 Å². The number of amides is 1. The molecule has 0 aliphatic heterocycles. The first-order valence-electron chi connectivity index (χ1n) is 4.12. The highest BCUT2D eigenvalue weighted by molar-refractivity contribution is 5.85. The molecule has 0 bridgehead atoms. The zero-order valence-corrected chi connectivity index (χ0v) is 8.02. The fourth-order valence-electron chi connectivity index (χ4n) is 0.883. The van der Waals surface area contributed by atoms with Gasteiger partial charge < -0.3 is 0 Å². The van der Waals surface area contributed by atoms with Crippen LogP contribution in [0.3, 0.4) is 0 Å². The van der Waals surface area contributed by atoms with Crippen molar-refractivity contribution in [2.75, 3.05) is 0 Å². The first-order chi connectivity index (χ1) is 5.52. The summed E-state index contributed by atoms with van der Waals surface area (Å²) in [5, 5.41) is 0. The van der Waals surface area contributed by atoms with E-state index in [4.69, 9.17) is 4.84 Å². The summed E-state index contributed by atoms with van der Waals surface area (Å²) in [5.41, 5.74) is 2.00. The molecule has 0 radical (unpaired) electrons. The van der Waals surface area contributed by atoms with Crippen LogP contribution in [0.15, 0.2) is 12.7 Å². The van der Waals surface area contributed by atoms with Gasteiger partial charge in [0.25, 0.3) is 5.91 Å². The summed E-state index contributed by atoms with van der Waals surface area (Å²) < 4.78 is 0. The summed E-state index contributed by atoms with van der Waals surface area (Å²) in [5.74, 6) is -0.306. The normalized spacial score (nSPS) is 10.9. The Kier molecular flexibility index (Phi) is 4.59. The van der Waals surface area contributed by atoms with Crippen molar-refractivity contribution in [3.63, 3.8) is 0 Å². The summed E-state index contributed by atoms with van der Waals surface area (Å²) in [6.45, 7) is 9.25. The second kappa shape index (κ2) is 4.93. The average molecular weight is 171 g/mol. The largest absolute Gasteiger partial charge is 0.268 e. The van der Waals surface area contributed by atoms with E-state index in [1.165, 1.54) is 6.08 Å². The lowest BCUT2D eigenvalue weighted by Gasteiger charge is -2.23. The SMILES string of the molecule is C=CC(=O)NOC(C)(C)CCC. The minimum Gasteiger partial charge on any atom is -0.268 e. The topological polar surface area (TPSA) is 38.3 Å². The van der Waals surface area contributed by atoms with Crippen LogP contribution in [-0.4, -0.2) is 11.5 Å². The summed E-state index contributed by atoms with van der Waals surface area (Å²) in [4.78, 5) is 15.9. The molecular formula is C9H17NO2. The molecule has 0 aromatic carbocycles. The molecule has 0 fully saturated rings. The van der Waals surface area contributed by atoms with Crippen LogP contribution >= 0.6 is 0 Å². The molecule has 0 saturated heterocycles. The molecule has 0 spiro atoms. The van der Waals surface area contributed by atoms with Crippen LogP contribution in [0.25, 0.3) is 0 Å². The fourth-order valence-corrected chi connectivity index (χ4v) is 0.883. The van der Waals surface area contributed by atoms with Crippen LogP contribution in [0, 0.1) is 0 Å². The zero-order valence-electron chi connectivity index (χ0n) is 8.02. The standard InChI is InChI=1S/C9H17NO2/c1-5-7-9(3,4)12-10-8(11)6-2/h6H,2,5,7H2,1,3-4H3,(H,10,11). The number of hydrogen-bond donors (Lipinski definition) is 1. The molecule has 12 heavy (non-hydrogen) atoms. The van der Waals surface area contributed by atoms with Gasteiger partial charge in [0.05, 0.1) is 5.60 Å². The van der Waals surface area contributed by atoms with E-state index in [2.05, 4.69) is 19.0 Å². The van der Waals surface area contributed by atoms with Gasteiger partial charge in [0, 0.05) is 0 Å². The molecule has 0 aliphatic rings. The predicted molar refractivity (Wildman–Crippen MR) is 48.4 cm³/mol. The van der Waals surface area contributed by atoms with Gasteiger partial charge in [0.1, 0.15) is 0 Å². The van der Waals surface area contributed by atoms with E-state index < -0.39 is 0 Å². The third kappa shape index (κ3) is 4.91. The monoisotopic (exact) mass is 171 g/mol. The molecular weight excluding hydrogens is 154 g/mol. The van der Waals surface area contributed by atoms with E-state index >= 15 is 0 Å². The molecule has 1 N–H and O–H groups in total. The first kappa shape index (κ1) is 11.2. The third-order valence-electron chi connectivity index (χ3n) is 1.47. The Hall–Kier alpha value is -0.830. The second-order valence-corrected chi connectivity index (χ2v) is 3.28. The van der Waals surface area contributed by atoms with Crippen molar-refractivity contribution in [3.05, 3.63) is 12.7 Å². The Labute approximate surface area is 73.7 Å². The van der Waals surface area contributed by atoms with Gasteiger partial charge in [-0.2, -0.15) is 0 Å². The lowest BCUT2D eigenvalue weighted by molar-refractivity contribution is -0.143. The summed E-state index contributed by atoms with van der Waals surface area (Å²) in [6.07, 6.45) is 3.11. The van der Waals surface area contributed by atoms with Crippen molar-refractivity contribution in [2.45, 2.75) is 39.2 Å². The number of hydrogen-bond acceptors (Lipinski definition) is 2. The Balaban J connectivity index is 3.74. The number of hydroxylamine groups is 1. The first-order valence-corrected chi connectivity index (χ1v) is 4.12. The van der Waals surface area contributed by atoms with Crippen LogP contribution in [0.4, 0.5) is 0 Å². The lowest BCUT2D eigenvalue weighted by Crippen LogP contribution is -2.34. The van der Waals surface area contributed by atoms with Gasteiger partial charge in [0.15, 0.2) is 0 Å². The summed E-state index contributed by atoms with van der Waals surface area (Å²) in [6, 6.07) is 0.